The summed E-state index contributed by atoms with van der Waals surface area (Å²) in [6.07, 6.45) is 5.17. The molecule has 4 aromatic rings. The fraction of sp³-hybridized carbons (Fsp3) is 0.370. The summed E-state index contributed by atoms with van der Waals surface area (Å²) in [5, 5.41) is 25.3. The summed E-state index contributed by atoms with van der Waals surface area (Å²) >= 11 is 0. The van der Waals surface area contributed by atoms with Gasteiger partial charge in [0.15, 0.2) is 11.6 Å². The second-order valence-electron chi connectivity index (χ2n) is 9.98. The van der Waals surface area contributed by atoms with Crippen molar-refractivity contribution in [3.8, 4) is 5.82 Å². The van der Waals surface area contributed by atoms with E-state index < -0.39 is 17.3 Å². The minimum atomic E-state index is -1.47. The molecule has 0 aliphatic carbocycles. The number of aromatic amines is 1. The van der Waals surface area contributed by atoms with Gasteiger partial charge in [-0.1, -0.05) is 6.07 Å². The van der Waals surface area contributed by atoms with Crippen molar-refractivity contribution in [2.45, 2.75) is 51.7 Å². The molecule has 0 spiro atoms. The Kier molecular flexibility index (Phi) is 6.94. The van der Waals surface area contributed by atoms with E-state index in [1.54, 1.807) is 18.3 Å². The third kappa shape index (κ3) is 5.57. The van der Waals surface area contributed by atoms with Crippen molar-refractivity contribution in [1.82, 2.24) is 35.3 Å². The zero-order valence-corrected chi connectivity index (χ0v) is 21.6. The van der Waals surface area contributed by atoms with E-state index in [2.05, 4.69) is 36.6 Å². The molecule has 1 aliphatic heterocycles. The van der Waals surface area contributed by atoms with E-state index in [9.17, 15) is 14.3 Å². The van der Waals surface area contributed by atoms with Gasteiger partial charge in [-0.3, -0.25) is 9.89 Å². The van der Waals surface area contributed by atoms with Crippen molar-refractivity contribution in [2.24, 2.45) is 0 Å². The minimum absolute atomic E-state index is 0.289. The van der Waals surface area contributed by atoms with E-state index in [0.717, 1.165) is 40.2 Å². The molecule has 198 valence electrons. The average molecular weight is 519 g/mol. The van der Waals surface area contributed by atoms with Crippen LogP contribution >= 0.6 is 0 Å². The van der Waals surface area contributed by atoms with Crippen LogP contribution < -0.4 is 10.2 Å². The molecule has 0 unspecified atom stereocenters. The van der Waals surface area contributed by atoms with E-state index in [1.165, 1.54) is 10.9 Å². The zero-order valence-electron chi connectivity index (χ0n) is 21.6. The van der Waals surface area contributed by atoms with Gasteiger partial charge in [0, 0.05) is 49.9 Å². The van der Waals surface area contributed by atoms with Crippen molar-refractivity contribution in [2.75, 3.05) is 18.0 Å². The van der Waals surface area contributed by atoms with Crippen LogP contribution in [0, 0.1) is 19.7 Å². The Hall–Kier alpha value is -4.12. The number of carbonyl (C=O) groups excluding carboxylic acids is 1. The van der Waals surface area contributed by atoms with Crippen LogP contribution in [0.15, 0.2) is 48.9 Å². The first kappa shape index (κ1) is 25.5. The summed E-state index contributed by atoms with van der Waals surface area (Å²) in [6.45, 7) is 6.85. The monoisotopic (exact) mass is 518 g/mol. The molecule has 11 heteroatoms. The maximum absolute atomic E-state index is 13.2. The first-order valence-electron chi connectivity index (χ1n) is 12.6. The quantitative estimate of drug-likeness (QED) is 0.344. The SMILES string of the molecule is Cc1cc(Cc2cc(C)[nH]n2)nc(N2CCC(O)(C(=O)N[C@@H](C)c3ccc(-n4cc(F)cn4)nc3)CC2)c1. The number of aryl methyl sites for hydroxylation is 2. The number of hydrogen-bond donors (Lipinski definition) is 3. The maximum atomic E-state index is 13.2. The lowest BCUT2D eigenvalue weighted by atomic mass is 9.90. The number of aromatic nitrogens is 6. The van der Waals surface area contributed by atoms with Gasteiger partial charge in [0.1, 0.15) is 11.4 Å². The number of carbonyl (C=O) groups is 1. The first-order chi connectivity index (χ1) is 18.2. The summed E-state index contributed by atoms with van der Waals surface area (Å²) in [7, 11) is 0. The Balaban J connectivity index is 1.19. The van der Waals surface area contributed by atoms with Crippen molar-refractivity contribution >= 4 is 11.7 Å². The van der Waals surface area contributed by atoms with E-state index >= 15 is 0 Å². The van der Waals surface area contributed by atoms with Crippen LogP contribution in [0.4, 0.5) is 10.2 Å². The molecular formula is C27H31FN8O2. The second kappa shape index (κ2) is 10.3. The van der Waals surface area contributed by atoms with Gasteiger partial charge in [0.25, 0.3) is 5.91 Å². The van der Waals surface area contributed by atoms with Crippen molar-refractivity contribution in [1.29, 1.82) is 0 Å². The van der Waals surface area contributed by atoms with Crippen LogP contribution in [0.3, 0.4) is 0 Å². The minimum Gasteiger partial charge on any atom is -0.380 e. The van der Waals surface area contributed by atoms with Crippen molar-refractivity contribution in [3.05, 3.63) is 82.9 Å². The predicted octanol–water partition coefficient (Wildman–Crippen LogP) is 2.94. The van der Waals surface area contributed by atoms with Gasteiger partial charge in [-0.05, 0) is 56.2 Å². The molecule has 4 aromatic heterocycles. The molecule has 0 aromatic carbocycles. The van der Waals surface area contributed by atoms with Crippen LogP contribution in [0.5, 0.6) is 0 Å². The zero-order chi connectivity index (χ0) is 26.9. The highest BCUT2D eigenvalue weighted by Gasteiger charge is 2.40. The van der Waals surface area contributed by atoms with Crippen LogP contribution in [-0.2, 0) is 11.2 Å². The van der Waals surface area contributed by atoms with Crippen LogP contribution in [0.2, 0.25) is 0 Å². The molecule has 1 aliphatic rings. The molecule has 1 fully saturated rings. The van der Waals surface area contributed by atoms with Crippen molar-refractivity contribution in [3.63, 3.8) is 0 Å². The number of anilines is 1. The molecule has 1 atom stereocenters. The lowest BCUT2D eigenvalue weighted by Gasteiger charge is -2.38. The Labute approximate surface area is 219 Å². The number of rotatable bonds is 7. The number of aliphatic hydroxyl groups is 1. The van der Waals surface area contributed by atoms with Gasteiger partial charge in [-0.25, -0.2) is 19.0 Å². The number of nitrogens with zero attached hydrogens (tertiary/aromatic N) is 6. The molecule has 0 bridgehead atoms. The second-order valence-corrected chi connectivity index (χ2v) is 9.98. The van der Waals surface area contributed by atoms with Gasteiger partial charge >= 0.3 is 0 Å². The highest BCUT2D eigenvalue weighted by Crippen LogP contribution is 2.28. The molecule has 1 saturated heterocycles. The number of hydrogen-bond acceptors (Lipinski definition) is 7. The molecule has 10 nitrogen and oxygen atoms in total. The van der Waals surface area contributed by atoms with Gasteiger partial charge in [-0.2, -0.15) is 10.2 Å². The molecule has 0 saturated carbocycles. The number of piperidine rings is 1. The van der Waals surface area contributed by atoms with Gasteiger partial charge in [-0.15, -0.1) is 0 Å². The molecule has 38 heavy (non-hydrogen) atoms. The molecular weight excluding hydrogens is 487 g/mol. The Bertz CT molecular complexity index is 1420. The Morgan fingerprint density at radius 3 is 2.58 bits per heavy atom. The summed E-state index contributed by atoms with van der Waals surface area (Å²) in [5.74, 6) is 0.453. The van der Waals surface area contributed by atoms with Crippen LogP contribution in [-0.4, -0.2) is 59.7 Å². The topological polar surface area (TPSA) is 125 Å². The molecule has 5 heterocycles. The number of nitrogens with one attached hydrogen (secondary N) is 2. The maximum Gasteiger partial charge on any atom is 0.252 e. The largest absolute Gasteiger partial charge is 0.380 e. The number of amides is 1. The third-order valence-corrected chi connectivity index (χ3v) is 6.87. The Morgan fingerprint density at radius 2 is 1.95 bits per heavy atom. The number of pyridine rings is 2. The summed E-state index contributed by atoms with van der Waals surface area (Å²) in [5.41, 5.74) is 3.27. The summed E-state index contributed by atoms with van der Waals surface area (Å²) < 4.78 is 14.6. The highest BCUT2D eigenvalue weighted by atomic mass is 19.1. The normalized spacial score (nSPS) is 15.9. The lowest BCUT2D eigenvalue weighted by Crippen LogP contribution is -2.54. The van der Waals surface area contributed by atoms with Crippen molar-refractivity contribution < 1.29 is 14.3 Å². The van der Waals surface area contributed by atoms with E-state index in [0.29, 0.717) is 25.3 Å². The molecule has 0 radical (unpaired) electrons. The molecule has 1 amide bonds. The fourth-order valence-electron chi connectivity index (χ4n) is 4.69. The summed E-state index contributed by atoms with van der Waals surface area (Å²) in [6, 6.07) is 9.22. The standard InChI is InChI=1S/C27H31FN8O2/c1-17-10-22(13-23-12-18(2)33-34-23)32-25(11-17)35-8-6-27(38,7-9-35)26(37)31-19(3)20-4-5-24(29-14-20)36-16-21(28)15-30-36/h4-5,10-12,14-16,19,38H,6-9,13H2,1-3H3,(H,31,37)(H,33,34)/t19-/m0/s1. The predicted molar refractivity (Wildman–Crippen MR) is 139 cm³/mol. The Morgan fingerprint density at radius 1 is 1.16 bits per heavy atom. The fourth-order valence-corrected chi connectivity index (χ4v) is 4.69. The third-order valence-electron chi connectivity index (χ3n) is 6.87. The van der Waals surface area contributed by atoms with Crippen LogP contribution in [0.1, 0.15) is 54.0 Å². The highest BCUT2D eigenvalue weighted by molar-refractivity contribution is 5.85. The average Bonchev–Trinajstić information content (AvgIpc) is 3.51. The van der Waals surface area contributed by atoms with Crippen LogP contribution in [0.25, 0.3) is 5.82 Å². The molecule has 3 N–H and O–H groups in total. The smallest absolute Gasteiger partial charge is 0.252 e. The van der Waals surface area contributed by atoms with E-state index in [4.69, 9.17) is 4.98 Å². The summed E-state index contributed by atoms with van der Waals surface area (Å²) in [4.78, 5) is 24.3. The first-order valence-corrected chi connectivity index (χ1v) is 12.6. The number of H-pyrrole nitrogens is 1. The van der Waals surface area contributed by atoms with E-state index in [-0.39, 0.29) is 18.9 Å². The van der Waals surface area contributed by atoms with Gasteiger partial charge in [0.2, 0.25) is 0 Å². The lowest BCUT2D eigenvalue weighted by molar-refractivity contribution is -0.142. The molecule has 5 rings (SSSR count). The van der Waals surface area contributed by atoms with Gasteiger partial charge in [0.05, 0.1) is 24.1 Å². The number of halogens is 1. The van der Waals surface area contributed by atoms with E-state index in [1.807, 2.05) is 32.9 Å². The van der Waals surface area contributed by atoms with Gasteiger partial charge < -0.3 is 15.3 Å².